The minimum atomic E-state index is -0.792. The van der Waals surface area contributed by atoms with Crippen LogP contribution < -0.4 is 0 Å². The van der Waals surface area contributed by atoms with Crippen molar-refractivity contribution in [2.75, 3.05) is 7.11 Å². The van der Waals surface area contributed by atoms with Crippen LogP contribution in [0.1, 0.15) is 6.92 Å². The van der Waals surface area contributed by atoms with E-state index in [0.717, 1.165) is 0 Å². The zero-order chi connectivity index (χ0) is 6.62. The van der Waals surface area contributed by atoms with Gasteiger partial charge < -0.3 is 4.74 Å². The molecule has 0 saturated heterocycles. The van der Waals surface area contributed by atoms with E-state index in [0.29, 0.717) is 6.29 Å². The summed E-state index contributed by atoms with van der Waals surface area (Å²) >= 11 is 0. The van der Waals surface area contributed by atoms with Crippen molar-refractivity contribution < 1.29 is 9.53 Å². The summed E-state index contributed by atoms with van der Waals surface area (Å²) in [5.74, 6) is 0. The lowest BCUT2D eigenvalue weighted by molar-refractivity contribution is -0.121. The van der Waals surface area contributed by atoms with E-state index in [1.54, 1.807) is 6.92 Å². The fourth-order valence-corrected chi connectivity index (χ4v) is 0.180. The average Bonchev–Trinajstić information content (AvgIpc) is 1.87. The van der Waals surface area contributed by atoms with Gasteiger partial charge in [-0.15, -0.1) is 0 Å². The summed E-state index contributed by atoms with van der Waals surface area (Å²) in [6.07, 6.45) is 2.17. The molecule has 0 aromatic carbocycles. The highest BCUT2D eigenvalue weighted by Crippen LogP contribution is 2.03. The van der Waals surface area contributed by atoms with E-state index in [9.17, 15) is 4.79 Å². The van der Waals surface area contributed by atoms with E-state index in [1.807, 2.05) is 0 Å². The highest BCUT2D eigenvalue weighted by molar-refractivity contribution is 5.64. The minimum Gasteiger partial charge on any atom is -0.367 e. The van der Waals surface area contributed by atoms with Crippen molar-refractivity contribution >= 4 is 6.29 Å². The third-order valence-corrected chi connectivity index (χ3v) is 1.08. The topological polar surface area (TPSA) is 26.3 Å². The van der Waals surface area contributed by atoms with Crippen LogP contribution in [0.25, 0.3) is 0 Å². The Morgan fingerprint density at radius 3 is 2.25 bits per heavy atom. The summed E-state index contributed by atoms with van der Waals surface area (Å²) < 4.78 is 4.75. The predicted molar refractivity (Wildman–Crippen MR) is 31.7 cm³/mol. The van der Waals surface area contributed by atoms with E-state index in [1.165, 1.54) is 13.2 Å². The van der Waals surface area contributed by atoms with Gasteiger partial charge in [-0.1, -0.05) is 12.7 Å². The predicted octanol–water partition coefficient (Wildman–Crippen LogP) is 0.776. The number of carbonyl (C=O) groups is 1. The maximum atomic E-state index is 10.1. The first-order valence-electron chi connectivity index (χ1n) is 2.33. The van der Waals surface area contributed by atoms with Crippen molar-refractivity contribution in [3.63, 3.8) is 0 Å². The van der Waals surface area contributed by atoms with Crippen LogP contribution in [-0.2, 0) is 9.53 Å². The fourth-order valence-electron chi connectivity index (χ4n) is 0.180. The second kappa shape index (κ2) is 2.62. The van der Waals surface area contributed by atoms with E-state index < -0.39 is 5.60 Å². The molecule has 0 N–H and O–H groups in total. The van der Waals surface area contributed by atoms with Crippen molar-refractivity contribution in [3.05, 3.63) is 12.7 Å². The molecule has 1 atom stereocenters. The van der Waals surface area contributed by atoms with Crippen LogP contribution >= 0.6 is 0 Å². The molecule has 0 saturated carbocycles. The highest BCUT2D eigenvalue weighted by Gasteiger charge is 2.15. The first-order valence-corrected chi connectivity index (χ1v) is 2.33. The maximum Gasteiger partial charge on any atom is 0.155 e. The summed E-state index contributed by atoms with van der Waals surface area (Å²) in [7, 11) is 1.47. The van der Waals surface area contributed by atoms with Crippen LogP contribution in [0.3, 0.4) is 0 Å². The molecule has 46 valence electrons. The Hall–Kier alpha value is -0.630. The molecule has 0 spiro atoms. The number of aldehydes is 1. The molecule has 0 aliphatic heterocycles. The lowest BCUT2D eigenvalue weighted by Crippen LogP contribution is -2.25. The number of hydrogen-bond acceptors (Lipinski definition) is 2. The van der Waals surface area contributed by atoms with Crippen molar-refractivity contribution in [1.29, 1.82) is 0 Å². The summed E-state index contributed by atoms with van der Waals surface area (Å²) in [5, 5.41) is 0. The van der Waals surface area contributed by atoms with Gasteiger partial charge >= 0.3 is 0 Å². The molecular formula is C6H10O2. The second-order valence-electron chi connectivity index (χ2n) is 1.71. The van der Waals surface area contributed by atoms with Gasteiger partial charge in [0.2, 0.25) is 0 Å². The Kier molecular flexibility index (Phi) is 2.42. The highest BCUT2D eigenvalue weighted by atomic mass is 16.5. The summed E-state index contributed by atoms with van der Waals surface area (Å²) in [6, 6.07) is 0. The van der Waals surface area contributed by atoms with Gasteiger partial charge in [0.1, 0.15) is 5.60 Å². The van der Waals surface area contributed by atoms with Gasteiger partial charge in [0.05, 0.1) is 0 Å². The van der Waals surface area contributed by atoms with E-state index >= 15 is 0 Å². The Balaban J connectivity index is 3.96. The maximum absolute atomic E-state index is 10.1. The number of hydrogen-bond donors (Lipinski definition) is 0. The van der Waals surface area contributed by atoms with Crippen LogP contribution in [-0.4, -0.2) is 19.0 Å². The molecular weight excluding hydrogens is 104 g/mol. The van der Waals surface area contributed by atoms with Crippen LogP contribution in [0, 0.1) is 0 Å². The Morgan fingerprint density at radius 2 is 2.25 bits per heavy atom. The van der Waals surface area contributed by atoms with Crippen LogP contribution in [0.4, 0.5) is 0 Å². The number of carbonyl (C=O) groups excluding carboxylic acids is 1. The second-order valence-corrected chi connectivity index (χ2v) is 1.71. The molecule has 0 aliphatic rings. The number of rotatable bonds is 3. The van der Waals surface area contributed by atoms with Crippen molar-refractivity contribution in [2.24, 2.45) is 0 Å². The Labute approximate surface area is 49.1 Å². The van der Waals surface area contributed by atoms with Crippen LogP contribution in [0.5, 0.6) is 0 Å². The smallest absolute Gasteiger partial charge is 0.155 e. The largest absolute Gasteiger partial charge is 0.367 e. The van der Waals surface area contributed by atoms with Crippen molar-refractivity contribution in [2.45, 2.75) is 12.5 Å². The quantitative estimate of drug-likeness (QED) is 0.400. The molecule has 0 aromatic heterocycles. The van der Waals surface area contributed by atoms with Gasteiger partial charge in [0, 0.05) is 7.11 Å². The van der Waals surface area contributed by atoms with E-state index in [2.05, 4.69) is 6.58 Å². The van der Waals surface area contributed by atoms with Crippen molar-refractivity contribution in [1.82, 2.24) is 0 Å². The fraction of sp³-hybridized carbons (Fsp3) is 0.500. The van der Waals surface area contributed by atoms with Crippen LogP contribution in [0.15, 0.2) is 12.7 Å². The molecule has 2 nitrogen and oxygen atoms in total. The third kappa shape index (κ3) is 1.46. The zero-order valence-electron chi connectivity index (χ0n) is 5.18. The molecule has 0 fully saturated rings. The van der Waals surface area contributed by atoms with Gasteiger partial charge in [-0.25, -0.2) is 0 Å². The average molecular weight is 114 g/mol. The zero-order valence-corrected chi connectivity index (χ0v) is 5.18. The molecule has 0 heterocycles. The molecule has 0 rings (SSSR count). The Morgan fingerprint density at radius 1 is 1.75 bits per heavy atom. The lowest BCUT2D eigenvalue weighted by Gasteiger charge is -2.14. The standard InChI is InChI=1S/C6H10O2/c1-4-6(2,5-7)8-3/h4-5H,1H2,2-3H3/t6-/m1/s1. The summed E-state index contributed by atoms with van der Waals surface area (Å²) in [4.78, 5) is 10.1. The molecule has 0 unspecified atom stereocenters. The van der Waals surface area contributed by atoms with E-state index in [-0.39, 0.29) is 0 Å². The molecule has 0 amide bonds. The first-order chi connectivity index (χ1) is 3.68. The number of methoxy groups -OCH3 is 1. The SMILES string of the molecule is C=C[C@](C)(C=O)OC. The first kappa shape index (κ1) is 7.37. The van der Waals surface area contributed by atoms with E-state index in [4.69, 9.17) is 4.74 Å². The molecule has 0 bridgehead atoms. The Bertz CT molecular complexity index is 88.7. The normalized spacial score (nSPS) is 16.8. The summed E-state index contributed by atoms with van der Waals surface area (Å²) in [6.45, 7) is 5.06. The van der Waals surface area contributed by atoms with Gasteiger partial charge in [-0.2, -0.15) is 0 Å². The van der Waals surface area contributed by atoms with Crippen LogP contribution in [0.2, 0.25) is 0 Å². The monoisotopic (exact) mass is 114 g/mol. The summed E-state index contributed by atoms with van der Waals surface area (Å²) in [5.41, 5.74) is -0.792. The van der Waals surface area contributed by atoms with Gasteiger partial charge in [-0.3, -0.25) is 4.79 Å². The van der Waals surface area contributed by atoms with Gasteiger partial charge in [-0.05, 0) is 6.92 Å². The van der Waals surface area contributed by atoms with Crippen molar-refractivity contribution in [3.8, 4) is 0 Å². The molecule has 0 aliphatic carbocycles. The third-order valence-electron chi connectivity index (χ3n) is 1.08. The molecule has 2 heteroatoms. The minimum absolute atomic E-state index is 0.708. The molecule has 8 heavy (non-hydrogen) atoms. The molecule has 0 aromatic rings. The van der Waals surface area contributed by atoms with Gasteiger partial charge in [0.15, 0.2) is 6.29 Å². The molecule has 0 radical (unpaired) electrons. The van der Waals surface area contributed by atoms with Gasteiger partial charge in [0.25, 0.3) is 0 Å². The number of ether oxygens (including phenoxy) is 1. The lowest BCUT2D eigenvalue weighted by atomic mass is 10.1.